The lowest BCUT2D eigenvalue weighted by Crippen LogP contribution is -2.32. The van der Waals surface area contributed by atoms with E-state index < -0.39 is 5.97 Å². The highest BCUT2D eigenvalue weighted by molar-refractivity contribution is 5.94. The first-order valence-electron chi connectivity index (χ1n) is 5.61. The van der Waals surface area contributed by atoms with Crippen LogP contribution in [0.5, 0.6) is 0 Å². The summed E-state index contributed by atoms with van der Waals surface area (Å²) in [5, 5.41) is 3.47. The highest BCUT2D eigenvalue weighted by Crippen LogP contribution is 2.20. The van der Waals surface area contributed by atoms with Gasteiger partial charge in [0, 0.05) is 4.91 Å². The Morgan fingerprint density at radius 2 is 2.17 bits per heavy atom. The molecule has 0 saturated heterocycles. The second kappa shape index (κ2) is 6.64. The van der Waals surface area contributed by atoms with Crippen molar-refractivity contribution in [2.24, 2.45) is 5.11 Å². The summed E-state index contributed by atoms with van der Waals surface area (Å²) in [6.45, 7) is 1.93. The minimum atomic E-state index is -0.487. The number of hydrogen-bond donors (Lipinski definition) is 0. The standard InChI is InChI=1S/C12H16N4O2/c1-4-11(16(2)3)18-12(17)9-7-5-6-8-10(9)14-15-13/h5-8,11H,4H2,1-3H3. The number of ether oxygens (including phenoxy) is 1. The van der Waals surface area contributed by atoms with Crippen molar-refractivity contribution in [3.63, 3.8) is 0 Å². The van der Waals surface area contributed by atoms with Gasteiger partial charge in [0.05, 0.1) is 11.3 Å². The molecule has 0 aliphatic carbocycles. The average Bonchev–Trinajstić information content (AvgIpc) is 2.36. The molecule has 1 atom stereocenters. The van der Waals surface area contributed by atoms with Crippen LogP contribution in [0.15, 0.2) is 29.4 Å². The fraction of sp³-hybridized carbons (Fsp3) is 0.417. The predicted octanol–water partition coefficient (Wildman–Crippen LogP) is 3.08. The maximum atomic E-state index is 12.0. The van der Waals surface area contributed by atoms with Crippen LogP contribution in [0.3, 0.4) is 0 Å². The number of hydrogen-bond acceptors (Lipinski definition) is 4. The second-order valence-corrected chi connectivity index (χ2v) is 3.94. The van der Waals surface area contributed by atoms with Crippen LogP contribution in [0, 0.1) is 0 Å². The fourth-order valence-corrected chi connectivity index (χ4v) is 1.52. The van der Waals surface area contributed by atoms with Gasteiger partial charge in [-0.3, -0.25) is 4.90 Å². The second-order valence-electron chi connectivity index (χ2n) is 3.94. The van der Waals surface area contributed by atoms with Crippen molar-refractivity contribution in [3.05, 3.63) is 40.3 Å². The molecule has 6 heteroatoms. The summed E-state index contributed by atoms with van der Waals surface area (Å²) in [4.78, 5) is 16.5. The van der Waals surface area contributed by atoms with E-state index >= 15 is 0 Å². The van der Waals surface area contributed by atoms with Gasteiger partial charge >= 0.3 is 5.97 Å². The maximum absolute atomic E-state index is 12.0. The average molecular weight is 248 g/mol. The lowest BCUT2D eigenvalue weighted by molar-refractivity contribution is -0.0155. The number of carbonyl (C=O) groups is 1. The molecule has 18 heavy (non-hydrogen) atoms. The molecule has 0 aromatic heterocycles. The van der Waals surface area contributed by atoms with Crippen molar-refractivity contribution in [2.45, 2.75) is 19.6 Å². The lowest BCUT2D eigenvalue weighted by atomic mass is 10.2. The van der Waals surface area contributed by atoms with E-state index in [2.05, 4.69) is 10.0 Å². The van der Waals surface area contributed by atoms with E-state index in [1.54, 1.807) is 24.3 Å². The summed E-state index contributed by atoms with van der Waals surface area (Å²) < 4.78 is 5.34. The summed E-state index contributed by atoms with van der Waals surface area (Å²) in [6, 6.07) is 6.55. The van der Waals surface area contributed by atoms with Gasteiger partial charge in [0.25, 0.3) is 0 Å². The molecule has 1 rings (SSSR count). The van der Waals surface area contributed by atoms with E-state index in [4.69, 9.17) is 10.3 Å². The minimum absolute atomic E-state index is 0.274. The highest BCUT2D eigenvalue weighted by atomic mass is 16.6. The van der Waals surface area contributed by atoms with Crippen molar-refractivity contribution >= 4 is 11.7 Å². The van der Waals surface area contributed by atoms with Gasteiger partial charge in [0.15, 0.2) is 6.23 Å². The summed E-state index contributed by atoms with van der Waals surface area (Å²) in [7, 11) is 3.67. The van der Waals surface area contributed by atoms with E-state index in [0.717, 1.165) is 0 Å². The minimum Gasteiger partial charge on any atom is -0.443 e. The molecule has 0 N–H and O–H groups in total. The third kappa shape index (κ3) is 3.48. The van der Waals surface area contributed by atoms with Crippen molar-refractivity contribution in [3.8, 4) is 0 Å². The number of rotatable bonds is 5. The Morgan fingerprint density at radius 1 is 1.50 bits per heavy atom. The predicted molar refractivity (Wildman–Crippen MR) is 68.4 cm³/mol. The number of carbonyl (C=O) groups excluding carboxylic acids is 1. The zero-order valence-corrected chi connectivity index (χ0v) is 10.7. The Kier molecular flexibility index (Phi) is 5.17. The molecular weight excluding hydrogens is 232 g/mol. The molecular formula is C12H16N4O2. The zero-order valence-electron chi connectivity index (χ0n) is 10.7. The molecule has 0 spiro atoms. The van der Waals surface area contributed by atoms with Gasteiger partial charge < -0.3 is 4.74 Å². The summed E-state index contributed by atoms with van der Waals surface area (Å²) in [5.74, 6) is -0.487. The Labute approximate surface area is 106 Å². The molecule has 1 aromatic rings. The first kappa shape index (κ1) is 14.0. The molecule has 1 aromatic carbocycles. The smallest absolute Gasteiger partial charge is 0.340 e. The van der Waals surface area contributed by atoms with Crippen LogP contribution >= 0.6 is 0 Å². The Morgan fingerprint density at radius 3 is 2.72 bits per heavy atom. The molecule has 0 aliphatic heterocycles. The zero-order chi connectivity index (χ0) is 13.5. The van der Waals surface area contributed by atoms with Crippen LogP contribution in [0.4, 0.5) is 5.69 Å². The largest absolute Gasteiger partial charge is 0.443 e. The van der Waals surface area contributed by atoms with Gasteiger partial charge in [-0.1, -0.05) is 30.2 Å². The highest BCUT2D eigenvalue weighted by Gasteiger charge is 2.17. The number of nitrogens with zero attached hydrogens (tertiary/aromatic N) is 4. The van der Waals surface area contributed by atoms with E-state index in [0.29, 0.717) is 6.42 Å². The summed E-state index contributed by atoms with van der Waals surface area (Å²) in [5.41, 5.74) is 8.99. The van der Waals surface area contributed by atoms with Crippen molar-refractivity contribution in [2.75, 3.05) is 14.1 Å². The van der Waals surface area contributed by atoms with Crippen LogP contribution in [0.25, 0.3) is 10.4 Å². The number of benzene rings is 1. The maximum Gasteiger partial charge on any atom is 0.340 e. The number of esters is 1. The molecule has 0 heterocycles. The molecule has 0 radical (unpaired) electrons. The van der Waals surface area contributed by atoms with E-state index in [1.807, 2.05) is 25.9 Å². The van der Waals surface area contributed by atoms with E-state index in [9.17, 15) is 4.79 Å². The molecule has 0 amide bonds. The first-order valence-corrected chi connectivity index (χ1v) is 5.61. The first-order chi connectivity index (χ1) is 8.60. The number of azide groups is 1. The molecule has 0 bridgehead atoms. The molecule has 6 nitrogen and oxygen atoms in total. The Balaban J connectivity index is 2.93. The SMILES string of the molecule is CCC(OC(=O)c1ccccc1N=[N+]=[N-])N(C)C. The lowest BCUT2D eigenvalue weighted by Gasteiger charge is -2.23. The van der Waals surface area contributed by atoms with Crippen molar-refractivity contribution < 1.29 is 9.53 Å². The molecule has 0 aliphatic rings. The van der Waals surface area contributed by atoms with Crippen LogP contribution in [-0.2, 0) is 4.74 Å². The topological polar surface area (TPSA) is 78.3 Å². The Hall–Kier alpha value is -2.04. The van der Waals surface area contributed by atoms with Gasteiger partial charge in [-0.2, -0.15) is 0 Å². The third-order valence-electron chi connectivity index (χ3n) is 2.44. The van der Waals surface area contributed by atoms with Crippen molar-refractivity contribution in [1.82, 2.24) is 4.90 Å². The van der Waals surface area contributed by atoms with Gasteiger partial charge in [-0.05, 0) is 32.1 Å². The van der Waals surface area contributed by atoms with Gasteiger partial charge in [0.1, 0.15) is 0 Å². The van der Waals surface area contributed by atoms with Crippen LogP contribution in [0.2, 0.25) is 0 Å². The molecule has 1 unspecified atom stereocenters. The monoisotopic (exact) mass is 248 g/mol. The normalized spacial score (nSPS) is 11.8. The molecule has 0 fully saturated rings. The molecule has 0 saturated carbocycles. The fourth-order valence-electron chi connectivity index (χ4n) is 1.52. The van der Waals surface area contributed by atoms with Gasteiger partial charge in [-0.15, -0.1) is 0 Å². The van der Waals surface area contributed by atoms with Crippen LogP contribution in [-0.4, -0.2) is 31.2 Å². The Bertz CT molecular complexity index is 467. The van der Waals surface area contributed by atoms with E-state index in [1.165, 1.54) is 0 Å². The quantitative estimate of drug-likeness (QED) is 0.264. The summed E-state index contributed by atoms with van der Waals surface area (Å²) in [6.07, 6.45) is 0.388. The van der Waals surface area contributed by atoms with Gasteiger partial charge in [0.2, 0.25) is 0 Å². The van der Waals surface area contributed by atoms with Crippen LogP contribution in [0.1, 0.15) is 23.7 Å². The van der Waals surface area contributed by atoms with Gasteiger partial charge in [-0.25, -0.2) is 4.79 Å². The third-order valence-corrected chi connectivity index (χ3v) is 2.44. The van der Waals surface area contributed by atoms with Crippen LogP contribution < -0.4 is 0 Å². The summed E-state index contributed by atoms with van der Waals surface area (Å²) >= 11 is 0. The van der Waals surface area contributed by atoms with Crippen molar-refractivity contribution in [1.29, 1.82) is 0 Å². The molecule has 96 valence electrons. The van der Waals surface area contributed by atoms with E-state index in [-0.39, 0.29) is 17.5 Å².